The summed E-state index contributed by atoms with van der Waals surface area (Å²) >= 11 is 0. The Labute approximate surface area is 159 Å². The number of halogens is 1. The van der Waals surface area contributed by atoms with Crippen LogP contribution < -0.4 is 16.1 Å². The number of nitriles is 1. The molecule has 8 nitrogen and oxygen atoms in total. The van der Waals surface area contributed by atoms with Gasteiger partial charge in [0.15, 0.2) is 0 Å². The number of hydrazone groups is 1. The van der Waals surface area contributed by atoms with Crippen molar-refractivity contribution in [1.82, 2.24) is 10.7 Å². The molecule has 1 atom stereocenters. The van der Waals surface area contributed by atoms with Crippen LogP contribution in [0.15, 0.2) is 58.6 Å². The Kier molecular flexibility index (Phi) is 5.72. The van der Waals surface area contributed by atoms with E-state index in [-0.39, 0.29) is 23.6 Å². The molecule has 0 unspecified atom stereocenters. The lowest BCUT2D eigenvalue weighted by molar-refractivity contribution is -0.123. The second-order valence-electron chi connectivity index (χ2n) is 5.82. The monoisotopic (exact) mass is 378 g/mol. The van der Waals surface area contributed by atoms with E-state index in [1.165, 1.54) is 6.07 Å². The highest BCUT2D eigenvalue weighted by Gasteiger charge is 2.28. The molecule has 9 heteroatoms. The van der Waals surface area contributed by atoms with Gasteiger partial charge in [0.1, 0.15) is 17.9 Å². The normalized spacial score (nSPS) is 15.6. The fourth-order valence-electron chi connectivity index (χ4n) is 2.44. The Hall–Kier alpha value is -4.06. The number of aliphatic imine (C=N–C) groups is 1. The number of rotatable bonds is 5. The minimum atomic E-state index is -0.930. The molecule has 0 bridgehead atoms. The average molecular weight is 378 g/mol. The number of guanidine groups is 1. The molecule has 1 heterocycles. The molecule has 1 aliphatic heterocycles. The number of carbonyl (C=O) groups is 2. The van der Waals surface area contributed by atoms with Crippen LogP contribution in [0.5, 0.6) is 0 Å². The van der Waals surface area contributed by atoms with Crippen molar-refractivity contribution in [2.24, 2.45) is 10.1 Å². The maximum Gasteiger partial charge on any atom is 0.252 e. The van der Waals surface area contributed by atoms with Crippen LogP contribution in [0.2, 0.25) is 0 Å². The molecule has 0 aliphatic carbocycles. The van der Waals surface area contributed by atoms with Crippen LogP contribution in [-0.2, 0) is 9.59 Å². The Bertz CT molecular complexity index is 997. The van der Waals surface area contributed by atoms with Crippen molar-refractivity contribution < 1.29 is 14.0 Å². The van der Waals surface area contributed by atoms with E-state index >= 15 is 0 Å². The molecule has 1 aliphatic rings. The highest BCUT2D eigenvalue weighted by atomic mass is 19.1. The summed E-state index contributed by atoms with van der Waals surface area (Å²) in [6.07, 6.45) is 1.33. The maximum atomic E-state index is 13.2. The van der Waals surface area contributed by atoms with Gasteiger partial charge >= 0.3 is 0 Å². The molecule has 0 fully saturated rings. The SMILES string of the molecule is N#Cc1cc(F)ccc1NC(=O)C[C@H]1N=C(N/N=C\c2ccccc2)NC1=O. The van der Waals surface area contributed by atoms with E-state index in [1.54, 1.807) is 12.3 Å². The van der Waals surface area contributed by atoms with Crippen molar-refractivity contribution in [3.63, 3.8) is 0 Å². The largest absolute Gasteiger partial charge is 0.325 e. The van der Waals surface area contributed by atoms with Crippen molar-refractivity contribution in [1.29, 1.82) is 5.26 Å². The van der Waals surface area contributed by atoms with Gasteiger partial charge < -0.3 is 5.32 Å². The second-order valence-corrected chi connectivity index (χ2v) is 5.82. The van der Waals surface area contributed by atoms with E-state index in [0.29, 0.717) is 0 Å². The van der Waals surface area contributed by atoms with Gasteiger partial charge in [0.2, 0.25) is 11.9 Å². The molecule has 0 saturated heterocycles. The number of amides is 2. The Morgan fingerprint density at radius 2 is 2.11 bits per heavy atom. The summed E-state index contributed by atoms with van der Waals surface area (Å²) in [5.41, 5.74) is 3.63. The first-order chi connectivity index (χ1) is 13.5. The summed E-state index contributed by atoms with van der Waals surface area (Å²) in [6, 6.07) is 13.6. The van der Waals surface area contributed by atoms with Crippen molar-refractivity contribution >= 4 is 29.7 Å². The minimum Gasteiger partial charge on any atom is -0.325 e. The number of hydrogen-bond donors (Lipinski definition) is 3. The van der Waals surface area contributed by atoms with Gasteiger partial charge in [-0.05, 0) is 23.8 Å². The van der Waals surface area contributed by atoms with E-state index in [2.05, 4.69) is 26.2 Å². The van der Waals surface area contributed by atoms with Crippen LogP contribution in [0.4, 0.5) is 10.1 Å². The summed E-state index contributed by atoms with van der Waals surface area (Å²) in [6.45, 7) is 0. The molecular weight excluding hydrogens is 363 g/mol. The molecule has 2 amide bonds. The molecule has 140 valence electrons. The van der Waals surface area contributed by atoms with E-state index in [9.17, 15) is 14.0 Å². The number of carbonyl (C=O) groups excluding carboxylic acids is 2. The second kappa shape index (κ2) is 8.55. The molecular formula is C19H15FN6O2. The van der Waals surface area contributed by atoms with Crippen LogP contribution >= 0.6 is 0 Å². The van der Waals surface area contributed by atoms with Crippen molar-refractivity contribution in [2.45, 2.75) is 12.5 Å². The van der Waals surface area contributed by atoms with Crippen molar-refractivity contribution in [3.8, 4) is 6.07 Å². The van der Waals surface area contributed by atoms with Gasteiger partial charge in [-0.15, -0.1) is 0 Å². The molecule has 28 heavy (non-hydrogen) atoms. The van der Waals surface area contributed by atoms with Crippen LogP contribution in [-0.4, -0.2) is 30.0 Å². The summed E-state index contributed by atoms with van der Waals surface area (Å²) in [5, 5.41) is 18.0. The van der Waals surface area contributed by atoms with Gasteiger partial charge in [-0.2, -0.15) is 10.4 Å². The van der Waals surface area contributed by atoms with Crippen LogP contribution in [0.3, 0.4) is 0 Å². The molecule has 2 aromatic rings. The fraction of sp³-hybridized carbons (Fsp3) is 0.105. The lowest BCUT2D eigenvalue weighted by Crippen LogP contribution is -2.35. The third-order valence-electron chi connectivity index (χ3n) is 3.77. The summed E-state index contributed by atoms with van der Waals surface area (Å²) in [5.74, 6) is -1.43. The number of hydrogen-bond acceptors (Lipinski definition) is 6. The van der Waals surface area contributed by atoms with Crippen molar-refractivity contribution in [2.75, 3.05) is 5.32 Å². The summed E-state index contributed by atoms with van der Waals surface area (Å²) < 4.78 is 13.2. The average Bonchev–Trinajstić information content (AvgIpc) is 3.03. The molecule has 0 spiro atoms. The van der Waals surface area contributed by atoms with Gasteiger partial charge in [-0.3, -0.25) is 14.9 Å². The number of benzene rings is 2. The lowest BCUT2D eigenvalue weighted by atomic mass is 10.1. The Balaban J connectivity index is 1.58. The Morgan fingerprint density at radius 3 is 2.86 bits per heavy atom. The highest BCUT2D eigenvalue weighted by molar-refractivity contribution is 6.07. The van der Waals surface area contributed by atoms with E-state index in [0.717, 1.165) is 17.7 Å². The Morgan fingerprint density at radius 1 is 1.32 bits per heavy atom. The first kappa shape index (κ1) is 18.7. The molecule has 0 radical (unpaired) electrons. The van der Waals surface area contributed by atoms with Gasteiger partial charge in [0.05, 0.1) is 23.9 Å². The van der Waals surface area contributed by atoms with E-state index < -0.39 is 23.7 Å². The van der Waals surface area contributed by atoms with Crippen molar-refractivity contribution in [3.05, 3.63) is 65.5 Å². The fourth-order valence-corrected chi connectivity index (χ4v) is 2.44. The zero-order valence-electron chi connectivity index (χ0n) is 14.5. The smallest absolute Gasteiger partial charge is 0.252 e. The number of nitrogens with one attached hydrogen (secondary N) is 3. The predicted molar refractivity (Wildman–Crippen MR) is 101 cm³/mol. The molecule has 0 aromatic heterocycles. The van der Waals surface area contributed by atoms with Gasteiger partial charge in [0.25, 0.3) is 5.91 Å². The van der Waals surface area contributed by atoms with Crippen LogP contribution in [0.25, 0.3) is 0 Å². The molecule has 3 N–H and O–H groups in total. The van der Waals surface area contributed by atoms with Crippen LogP contribution in [0.1, 0.15) is 17.5 Å². The van der Waals surface area contributed by atoms with Gasteiger partial charge in [-0.25, -0.2) is 14.8 Å². The zero-order chi connectivity index (χ0) is 19.9. The number of nitrogens with zero attached hydrogens (tertiary/aromatic N) is 3. The first-order valence-corrected chi connectivity index (χ1v) is 8.27. The van der Waals surface area contributed by atoms with Gasteiger partial charge in [0, 0.05) is 0 Å². The van der Waals surface area contributed by atoms with Gasteiger partial charge in [-0.1, -0.05) is 30.3 Å². The highest BCUT2D eigenvalue weighted by Crippen LogP contribution is 2.17. The topological polar surface area (TPSA) is 119 Å². The first-order valence-electron chi connectivity index (χ1n) is 8.27. The number of anilines is 1. The maximum absolute atomic E-state index is 13.2. The van der Waals surface area contributed by atoms with Crippen LogP contribution in [0, 0.1) is 17.1 Å². The zero-order valence-corrected chi connectivity index (χ0v) is 14.5. The molecule has 2 aromatic carbocycles. The molecule has 0 saturated carbocycles. The summed E-state index contributed by atoms with van der Waals surface area (Å²) in [4.78, 5) is 28.2. The molecule has 3 rings (SSSR count). The quantitative estimate of drug-likeness (QED) is 0.540. The third-order valence-corrected chi connectivity index (χ3v) is 3.77. The van der Waals surface area contributed by atoms with E-state index in [1.807, 2.05) is 30.3 Å². The van der Waals surface area contributed by atoms with E-state index in [4.69, 9.17) is 5.26 Å². The predicted octanol–water partition coefficient (Wildman–Crippen LogP) is 1.50. The minimum absolute atomic E-state index is 0.00895. The lowest BCUT2D eigenvalue weighted by Gasteiger charge is -2.08. The summed E-state index contributed by atoms with van der Waals surface area (Å²) in [7, 11) is 0. The third kappa shape index (κ3) is 4.76. The standard InChI is InChI=1S/C19H15FN6O2/c20-14-6-7-15(13(8-14)10-21)23-17(27)9-16-18(28)25-19(24-16)26-22-11-12-4-2-1-3-5-12/h1-8,11,16H,9H2,(H,23,27)(H2,24,25,26,28)/b22-11-/t16-/m1/s1.